The lowest BCUT2D eigenvalue weighted by Gasteiger charge is -2.30. The Balaban J connectivity index is 1.36. The molecule has 3 aromatic rings. The second-order valence-corrected chi connectivity index (χ2v) is 8.65. The second kappa shape index (κ2) is 8.74. The Hall–Kier alpha value is -2.07. The van der Waals surface area contributed by atoms with Crippen LogP contribution >= 0.6 is 23.2 Å². The third-order valence-electron chi connectivity index (χ3n) is 5.69. The van der Waals surface area contributed by atoms with Crippen LogP contribution in [0.4, 0.5) is 0 Å². The molecule has 1 aliphatic rings. The summed E-state index contributed by atoms with van der Waals surface area (Å²) in [6.45, 7) is 3.02. The largest absolute Gasteiger partial charge is 0.350 e. The lowest BCUT2D eigenvalue weighted by molar-refractivity contribution is 0.104. The van der Waals surface area contributed by atoms with Crippen LogP contribution in [0.5, 0.6) is 0 Å². The maximum absolute atomic E-state index is 12.8. The average molecular weight is 427 g/mol. The van der Waals surface area contributed by atoms with Crippen molar-refractivity contribution in [1.29, 1.82) is 0 Å². The standard InChI is InChI=1S/C24H24Cl2N2O/c1-27-16-22(21-14-20(26)7-8-23(21)27)24(29)9-4-17-10-12-28(13-11-17)15-18-2-5-19(25)6-3-18/h2-9,14,16-17H,10-13,15H2,1H3. The van der Waals surface area contributed by atoms with E-state index in [4.69, 9.17) is 23.2 Å². The van der Waals surface area contributed by atoms with Gasteiger partial charge in [0.2, 0.25) is 0 Å². The number of hydrogen-bond acceptors (Lipinski definition) is 2. The number of nitrogens with zero attached hydrogens (tertiary/aromatic N) is 2. The van der Waals surface area contributed by atoms with E-state index >= 15 is 0 Å². The molecule has 0 atom stereocenters. The van der Waals surface area contributed by atoms with Gasteiger partial charge in [-0.15, -0.1) is 0 Å². The van der Waals surface area contributed by atoms with Gasteiger partial charge in [0.05, 0.1) is 0 Å². The Morgan fingerprint density at radius 2 is 1.76 bits per heavy atom. The van der Waals surface area contributed by atoms with Crippen LogP contribution in [0.3, 0.4) is 0 Å². The van der Waals surface area contributed by atoms with E-state index in [0.29, 0.717) is 16.5 Å². The Labute approximate surface area is 181 Å². The van der Waals surface area contributed by atoms with E-state index in [1.807, 2.05) is 48.1 Å². The number of rotatable bonds is 5. The van der Waals surface area contributed by atoms with Crippen molar-refractivity contribution in [3.63, 3.8) is 0 Å². The lowest BCUT2D eigenvalue weighted by atomic mass is 9.95. The molecule has 1 saturated heterocycles. The van der Waals surface area contributed by atoms with Gasteiger partial charge in [0.25, 0.3) is 0 Å². The number of aryl methyl sites for hydroxylation is 1. The number of ketones is 1. The SMILES string of the molecule is Cn1cc(C(=O)C=CC2CCN(Cc3ccc(Cl)cc3)CC2)c2cc(Cl)ccc21. The quantitative estimate of drug-likeness (QED) is 0.361. The normalized spacial score (nSPS) is 16.1. The van der Waals surface area contributed by atoms with E-state index in [1.54, 1.807) is 6.08 Å². The van der Waals surface area contributed by atoms with Crippen molar-refractivity contribution in [3.05, 3.63) is 82.0 Å². The van der Waals surface area contributed by atoms with Crippen LogP contribution in [-0.4, -0.2) is 28.3 Å². The smallest absolute Gasteiger partial charge is 0.187 e. The topological polar surface area (TPSA) is 25.2 Å². The van der Waals surface area contributed by atoms with Gasteiger partial charge in [0.15, 0.2) is 5.78 Å². The van der Waals surface area contributed by atoms with Crippen LogP contribution in [0.15, 0.2) is 60.8 Å². The van der Waals surface area contributed by atoms with Gasteiger partial charge in [-0.25, -0.2) is 0 Å². The van der Waals surface area contributed by atoms with Crippen LogP contribution in [0.2, 0.25) is 10.0 Å². The highest BCUT2D eigenvalue weighted by atomic mass is 35.5. The number of piperidine rings is 1. The summed E-state index contributed by atoms with van der Waals surface area (Å²) < 4.78 is 1.97. The first-order valence-corrected chi connectivity index (χ1v) is 10.7. The number of carbonyl (C=O) groups is 1. The van der Waals surface area contributed by atoms with E-state index in [-0.39, 0.29) is 5.78 Å². The highest BCUT2D eigenvalue weighted by Crippen LogP contribution is 2.26. The van der Waals surface area contributed by atoms with Crippen molar-refractivity contribution in [1.82, 2.24) is 9.47 Å². The summed E-state index contributed by atoms with van der Waals surface area (Å²) in [7, 11) is 1.95. The predicted molar refractivity (Wildman–Crippen MR) is 121 cm³/mol. The molecule has 0 unspecified atom stereocenters. The molecule has 0 bridgehead atoms. The maximum Gasteiger partial charge on any atom is 0.187 e. The fourth-order valence-electron chi connectivity index (χ4n) is 4.03. The molecule has 1 fully saturated rings. The Bertz CT molecular complexity index is 1040. The molecule has 1 aliphatic heterocycles. The summed E-state index contributed by atoms with van der Waals surface area (Å²) in [5, 5.41) is 2.33. The van der Waals surface area contributed by atoms with Crippen molar-refractivity contribution in [2.24, 2.45) is 13.0 Å². The molecular formula is C24H24Cl2N2O. The van der Waals surface area contributed by atoms with Gasteiger partial charge in [0.1, 0.15) is 0 Å². The first-order chi connectivity index (χ1) is 14.0. The highest BCUT2D eigenvalue weighted by Gasteiger charge is 2.18. The monoisotopic (exact) mass is 426 g/mol. The fraction of sp³-hybridized carbons (Fsp3) is 0.292. The first kappa shape index (κ1) is 20.2. The molecule has 3 nitrogen and oxygen atoms in total. The van der Waals surface area contributed by atoms with Crippen molar-refractivity contribution in [2.45, 2.75) is 19.4 Å². The van der Waals surface area contributed by atoms with E-state index in [0.717, 1.165) is 48.4 Å². The molecule has 0 aliphatic carbocycles. The van der Waals surface area contributed by atoms with Crippen LogP contribution in [0, 0.1) is 5.92 Å². The third-order valence-corrected chi connectivity index (χ3v) is 6.18. The number of hydrogen-bond donors (Lipinski definition) is 0. The Morgan fingerprint density at radius 3 is 2.48 bits per heavy atom. The van der Waals surface area contributed by atoms with Crippen molar-refractivity contribution in [2.75, 3.05) is 13.1 Å². The highest BCUT2D eigenvalue weighted by molar-refractivity contribution is 6.31. The van der Waals surface area contributed by atoms with Gasteiger partial charge >= 0.3 is 0 Å². The molecule has 1 aromatic heterocycles. The van der Waals surface area contributed by atoms with E-state index in [2.05, 4.69) is 23.1 Å². The van der Waals surface area contributed by atoms with Gasteiger partial charge in [0, 0.05) is 46.3 Å². The van der Waals surface area contributed by atoms with Gasteiger partial charge in [-0.1, -0.05) is 41.4 Å². The first-order valence-electron chi connectivity index (χ1n) is 9.93. The zero-order chi connectivity index (χ0) is 20.4. The summed E-state index contributed by atoms with van der Waals surface area (Å²) in [6.07, 6.45) is 7.86. The zero-order valence-corrected chi connectivity index (χ0v) is 18.0. The second-order valence-electron chi connectivity index (χ2n) is 7.78. The van der Waals surface area contributed by atoms with Crippen LogP contribution in [0.25, 0.3) is 10.9 Å². The number of benzene rings is 2. The minimum Gasteiger partial charge on any atom is -0.350 e. The zero-order valence-electron chi connectivity index (χ0n) is 16.4. The predicted octanol–water partition coefficient (Wildman–Crippen LogP) is 6.14. The molecule has 5 heteroatoms. The van der Waals surface area contributed by atoms with Gasteiger partial charge < -0.3 is 4.57 Å². The molecule has 150 valence electrons. The molecule has 0 N–H and O–H groups in total. The Morgan fingerprint density at radius 1 is 1.07 bits per heavy atom. The maximum atomic E-state index is 12.8. The van der Waals surface area contributed by atoms with Crippen LogP contribution in [0.1, 0.15) is 28.8 Å². The molecule has 0 saturated carbocycles. The number of carbonyl (C=O) groups excluding carboxylic acids is 1. The summed E-state index contributed by atoms with van der Waals surface area (Å²) in [4.78, 5) is 15.3. The number of aromatic nitrogens is 1. The molecule has 4 rings (SSSR count). The summed E-state index contributed by atoms with van der Waals surface area (Å²) >= 11 is 12.1. The van der Waals surface area contributed by atoms with Crippen molar-refractivity contribution < 1.29 is 4.79 Å². The molecule has 2 aromatic carbocycles. The van der Waals surface area contributed by atoms with Crippen molar-refractivity contribution >= 4 is 39.9 Å². The van der Waals surface area contributed by atoms with Crippen LogP contribution in [-0.2, 0) is 13.6 Å². The summed E-state index contributed by atoms with van der Waals surface area (Å²) in [5.74, 6) is 0.487. The van der Waals surface area contributed by atoms with Crippen LogP contribution < -0.4 is 0 Å². The molecule has 0 amide bonds. The van der Waals surface area contributed by atoms with Gasteiger partial charge in [-0.2, -0.15) is 0 Å². The number of allylic oxidation sites excluding steroid dienone is 2. The molecule has 0 spiro atoms. The minimum atomic E-state index is 0.0430. The molecular weight excluding hydrogens is 403 g/mol. The van der Waals surface area contributed by atoms with E-state index < -0.39 is 0 Å². The summed E-state index contributed by atoms with van der Waals surface area (Å²) in [6, 6.07) is 13.7. The third kappa shape index (κ3) is 4.75. The Kier molecular flexibility index (Phi) is 6.09. The number of halogens is 2. The van der Waals surface area contributed by atoms with Gasteiger partial charge in [-0.3, -0.25) is 9.69 Å². The fourth-order valence-corrected chi connectivity index (χ4v) is 4.32. The lowest BCUT2D eigenvalue weighted by Crippen LogP contribution is -2.32. The van der Waals surface area contributed by atoms with Crippen molar-refractivity contribution in [3.8, 4) is 0 Å². The summed E-state index contributed by atoms with van der Waals surface area (Å²) in [5.41, 5.74) is 3.01. The molecule has 0 radical (unpaired) electrons. The number of likely N-dealkylation sites (tertiary alicyclic amines) is 1. The number of fused-ring (bicyclic) bond motifs is 1. The molecule has 2 heterocycles. The average Bonchev–Trinajstić information content (AvgIpc) is 3.05. The van der Waals surface area contributed by atoms with Gasteiger partial charge in [-0.05, 0) is 73.8 Å². The molecule has 29 heavy (non-hydrogen) atoms. The minimum absolute atomic E-state index is 0.0430. The van der Waals surface area contributed by atoms with E-state index in [1.165, 1.54) is 5.56 Å². The van der Waals surface area contributed by atoms with E-state index in [9.17, 15) is 4.79 Å².